The molecule has 128 valence electrons. The topological polar surface area (TPSA) is 42.0 Å². The van der Waals surface area contributed by atoms with E-state index < -0.39 is 0 Å². The number of carbonyl (C=O) groups excluding carboxylic acids is 1. The van der Waals surface area contributed by atoms with Crippen LogP contribution in [0.1, 0.15) is 77.4 Å². The van der Waals surface area contributed by atoms with Crippen molar-refractivity contribution < 1.29 is 4.79 Å². The maximum absolute atomic E-state index is 13.0. The molecule has 0 atom stereocenters. The summed E-state index contributed by atoms with van der Waals surface area (Å²) in [5.41, 5.74) is 3.13. The number of nitrogens with one attached hydrogen (secondary N) is 1. The first-order valence-corrected chi connectivity index (χ1v) is 10.2. The zero-order chi connectivity index (χ0) is 16.8. The van der Waals surface area contributed by atoms with Gasteiger partial charge in [-0.15, -0.1) is 11.3 Å². The van der Waals surface area contributed by atoms with Crippen molar-refractivity contribution in [1.29, 1.82) is 0 Å². The molecule has 3 nitrogen and oxygen atoms in total. The van der Waals surface area contributed by atoms with Crippen LogP contribution in [-0.2, 0) is 0 Å². The number of amides is 1. The SMILES string of the molecule is Cc1nc2sc(C(=O)NC3CCCCC3)c(C3CC3)c2c(C)c1Cl. The molecule has 0 bridgehead atoms. The molecule has 2 heterocycles. The van der Waals surface area contributed by atoms with Gasteiger partial charge in [-0.3, -0.25) is 4.79 Å². The van der Waals surface area contributed by atoms with Crippen LogP contribution in [0.15, 0.2) is 0 Å². The highest BCUT2D eigenvalue weighted by atomic mass is 35.5. The zero-order valence-electron chi connectivity index (χ0n) is 14.2. The predicted molar refractivity (Wildman–Crippen MR) is 100 cm³/mol. The van der Waals surface area contributed by atoms with E-state index in [1.807, 2.05) is 6.92 Å². The van der Waals surface area contributed by atoms with E-state index in [9.17, 15) is 4.79 Å². The summed E-state index contributed by atoms with van der Waals surface area (Å²) < 4.78 is 0. The van der Waals surface area contributed by atoms with E-state index in [1.54, 1.807) is 11.3 Å². The van der Waals surface area contributed by atoms with Gasteiger partial charge in [0, 0.05) is 11.4 Å². The second kappa shape index (κ2) is 6.30. The van der Waals surface area contributed by atoms with Gasteiger partial charge in [0.1, 0.15) is 4.83 Å². The molecule has 0 unspecified atom stereocenters. The highest BCUT2D eigenvalue weighted by Crippen LogP contribution is 2.49. The van der Waals surface area contributed by atoms with E-state index in [4.69, 9.17) is 11.6 Å². The number of thiophene rings is 1. The molecule has 2 aromatic heterocycles. The molecule has 2 aliphatic carbocycles. The molecule has 2 saturated carbocycles. The Bertz CT molecular complexity index is 804. The summed E-state index contributed by atoms with van der Waals surface area (Å²) >= 11 is 7.98. The van der Waals surface area contributed by atoms with Gasteiger partial charge >= 0.3 is 0 Å². The van der Waals surface area contributed by atoms with Gasteiger partial charge in [-0.1, -0.05) is 30.9 Å². The molecule has 1 N–H and O–H groups in total. The molecule has 2 aromatic rings. The molecule has 4 rings (SSSR count). The third-order valence-electron chi connectivity index (χ3n) is 5.35. The first kappa shape index (κ1) is 16.3. The number of aromatic nitrogens is 1. The number of pyridine rings is 1. The molecule has 5 heteroatoms. The van der Waals surface area contributed by atoms with Crippen LogP contribution in [0.5, 0.6) is 0 Å². The second-order valence-corrected chi connectivity index (χ2v) is 8.62. The van der Waals surface area contributed by atoms with E-state index in [0.717, 1.165) is 44.2 Å². The fourth-order valence-electron chi connectivity index (χ4n) is 3.88. The van der Waals surface area contributed by atoms with Gasteiger partial charge in [0.25, 0.3) is 5.91 Å². The van der Waals surface area contributed by atoms with Crippen molar-refractivity contribution in [3.8, 4) is 0 Å². The zero-order valence-corrected chi connectivity index (χ0v) is 15.8. The van der Waals surface area contributed by atoms with Crippen LogP contribution in [0, 0.1) is 13.8 Å². The number of carbonyl (C=O) groups is 1. The smallest absolute Gasteiger partial charge is 0.261 e. The van der Waals surface area contributed by atoms with Crippen LogP contribution in [0.4, 0.5) is 0 Å². The van der Waals surface area contributed by atoms with Gasteiger partial charge in [0.2, 0.25) is 0 Å². The minimum atomic E-state index is 0.0972. The van der Waals surface area contributed by atoms with Crippen LogP contribution in [0.25, 0.3) is 10.2 Å². The van der Waals surface area contributed by atoms with E-state index in [-0.39, 0.29) is 5.91 Å². The van der Waals surface area contributed by atoms with Crippen molar-refractivity contribution in [1.82, 2.24) is 10.3 Å². The monoisotopic (exact) mass is 362 g/mol. The molecule has 0 saturated heterocycles. The molecule has 0 aliphatic heterocycles. The Labute approximate surface area is 151 Å². The third kappa shape index (κ3) is 2.84. The quantitative estimate of drug-likeness (QED) is 0.782. The van der Waals surface area contributed by atoms with Crippen LogP contribution in [0.3, 0.4) is 0 Å². The van der Waals surface area contributed by atoms with Gasteiger partial charge in [0.15, 0.2) is 0 Å². The minimum absolute atomic E-state index is 0.0972. The Morgan fingerprint density at radius 2 is 1.88 bits per heavy atom. The Kier molecular flexibility index (Phi) is 4.29. The lowest BCUT2D eigenvalue weighted by Gasteiger charge is -2.22. The Morgan fingerprint density at radius 1 is 1.17 bits per heavy atom. The summed E-state index contributed by atoms with van der Waals surface area (Å²) in [5, 5.41) is 5.15. The van der Waals surface area contributed by atoms with Gasteiger partial charge in [-0.05, 0) is 56.6 Å². The minimum Gasteiger partial charge on any atom is -0.349 e. The normalized spacial score (nSPS) is 19.0. The molecule has 0 radical (unpaired) electrons. The molecule has 2 aliphatic rings. The summed E-state index contributed by atoms with van der Waals surface area (Å²) in [6.45, 7) is 3.99. The summed E-state index contributed by atoms with van der Waals surface area (Å²) in [6, 6.07) is 0.336. The van der Waals surface area contributed by atoms with Crippen molar-refractivity contribution >= 4 is 39.1 Å². The van der Waals surface area contributed by atoms with E-state index in [0.29, 0.717) is 12.0 Å². The molecule has 0 spiro atoms. The lowest BCUT2D eigenvalue weighted by atomic mass is 9.95. The number of halogens is 1. The van der Waals surface area contributed by atoms with Crippen molar-refractivity contribution in [2.24, 2.45) is 0 Å². The number of fused-ring (bicyclic) bond motifs is 1. The average Bonchev–Trinajstić information content (AvgIpc) is 3.34. The van der Waals surface area contributed by atoms with Crippen LogP contribution in [0.2, 0.25) is 5.02 Å². The summed E-state index contributed by atoms with van der Waals surface area (Å²) in [6.07, 6.45) is 8.30. The van der Waals surface area contributed by atoms with Crippen LogP contribution in [-0.4, -0.2) is 16.9 Å². The Hall–Kier alpha value is -1.13. The molecule has 24 heavy (non-hydrogen) atoms. The van der Waals surface area contributed by atoms with Crippen molar-refractivity contribution in [2.75, 3.05) is 0 Å². The first-order valence-electron chi connectivity index (χ1n) is 8.96. The predicted octanol–water partition coefficient (Wildman–Crippen LogP) is 5.51. The fourth-order valence-corrected chi connectivity index (χ4v) is 5.29. The molecule has 0 aromatic carbocycles. The lowest BCUT2D eigenvalue weighted by Crippen LogP contribution is -2.36. The highest BCUT2D eigenvalue weighted by Gasteiger charge is 2.34. The van der Waals surface area contributed by atoms with Crippen LogP contribution >= 0.6 is 22.9 Å². The fraction of sp³-hybridized carbons (Fsp3) is 0.579. The number of hydrogen-bond donors (Lipinski definition) is 1. The molecular weight excluding hydrogens is 340 g/mol. The average molecular weight is 363 g/mol. The Balaban J connectivity index is 1.75. The lowest BCUT2D eigenvalue weighted by molar-refractivity contribution is 0.0931. The second-order valence-electron chi connectivity index (χ2n) is 7.24. The van der Waals surface area contributed by atoms with Crippen molar-refractivity contribution in [3.05, 3.63) is 26.7 Å². The standard InChI is InChI=1S/C19H23ClN2OS/c1-10-14-15(12-8-9-12)17(24-19(14)21-11(2)16(10)20)18(23)22-13-6-4-3-5-7-13/h12-13H,3-9H2,1-2H3,(H,22,23). The van der Waals surface area contributed by atoms with E-state index >= 15 is 0 Å². The van der Waals surface area contributed by atoms with Crippen molar-refractivity contribution in [3.63, 3.8) is 0 Å². The Morgan fingerprint density at radius 3 is 2.54 bits per heavy atom. The van der Waals surface area contributed by atoms with E-state index in [2.05, 4.69) is 17.2 Å². The van der Waals surface area contributed by atoms with Gasteiger partial charge in [-0.25, -0.2) is 4.98 Å². The number of hydrogen-bond acceptors (Lipinski definition) is 3. The summed E-state index contributed by atoms with van der Waals surface area (Å²) in [7, 11) is 0. The maximum Gasteiger partial charge on any atom is 0.261 e. The highest BCUT2D eigenvalue weighted by molar-refractivity contribution is 7.20. The largest absolute Gasteiger partial charge is 0.349 e. The van der Waals surface area contributed by atoms with Gasteiger partial charge < -0.3 is 5.32 Å². The number of rotatable bonds is 3. The summed E-state index contributed by atoms with van der Waals surface area (Å²) in [4.78, 5) is 19.5. The van der Waals surface area contributed by atoms with Gasteiger partial charge in [0.05, 0.1) is 15.6 Å². The first-order chi connectivity index (χ1) is 11.6. The summed E-state index contributed by atoms with van der Waals surface area (Å²) in [5.74, 6) is 0.602. The van der Waals surface area contributed by atoms with Crippen molar-refractivity contribution in [2.45, 2.75) is 70.8 Å². The molecular formula is C19H23ClN2OS. The maximum atomic E-state index is 13.0. The van der Waals surface area contributed by atoms with Crippen LogP contribution < -0.4 is 5.32 Å². The molecule has 2 fully saturated rings. The number of aryl methyl sites for hydroxylation is 2. The molecule has 1 amide bonds. The third-order valence-corrected chi connectivity index (χ3v) is 7.01. The van der Waals surface area contributed by atoms with Gasteiger partial charge in [-0.2, -0.15) is 0 Å². The number of nitrogens with zero attached hydrogens (tertiary/aromatic N) is 1. The van der Waals surface area contributed by atoms with E-state index in [1.165, 1.54) is 37.7 Å².